The Labute approximate surface area is 114 Å². The van der Waals surface area contributed by atoms with Gasteiger partial charge in [0, 0.05) is 35.8 Å². The normalized spacial score (nSPS) is 12.5. The standard InChI is InChI=1S/C13H17N3O2S/c1-19(17)8-7-14-10-13-15-12(16-18-13)9-11-5-3-2-4-6-11/h2-6,14H,7-10H2,1H3. The summed E-state index contributed by atoms with van der Waals surface area (Å²) >= 11 is 0. The van der Waals surface area contributed by atoms with Crippen LogP contribution in [0.5, 0.6) is 0 Å². The number of hydrogen-bond donors (Lipinski definition) is 1. The molecule has 0 aliphatic rings. The first kappa shape index (κ1) is 13.9. The molecule has 0 saturated heterocycles. The smallest absolute Gasteiger partial charge is 0.240 e. The van der Waals surface area contributed by atoms with Crippen molar-refractivity contribution >= 4 is 10.8 Å². The molecule has 0 spiro atoms. The number of nitrogens with one attached hydrogen (secondary N) is 1. The van der Waals surface area contributed by atoms with Crippen LogP contribution in [-0.2, 0) is 23.8 Å². The average Bonchev–Trinajstić information content (AvgIpc) is 2.83. The van der Waals surface area contributed by atoms with E-state index >= 15 is 0 Å². The van der Waals surface area contributed by atoms with Crippen molar-refractivity contribution in [3.63, 3.8) is 0 Å². The molecule has 102 valence electrons. The highest BCUT2D eigenvalue weighted by Gasteiger charge is 2.06. The number of nitrogens with zero attached hydrogens (tertiary/aromatic N) is 2. The zero-order chi connectivity index (χ0) is 13.5. The predicted molar refractivity (Wildman–Crippen MR) is 74.2 cm³/mol. The fourth-order valence-corrected chi connectivity index (χ4v) is 2.06. The second-order valence-electron chi connectivity index (χ2n) is 4.22. The molecular formula is C13H17N3O2S. The van der Waals surface area contributed by atoms with E-state index in [0.717, 1.165) is 5.56 Å². The van der Waals surface area contributed by atoms with Crippen molar-refractivity contribution in [1.82, 2.24) is 15.5 Å². The van der Waals surface area contributed by atoms with Gasteiger partial charge in [0.15, 0.2) is 5.82 Å². The van der Waals surface area contributed by atoms with E-state index in [2.05, 4.69) is 15.5 Å². The summed E-state index contributed by atoms with van der Waals surface area (Å²) in [5, 5.41) is 7.06. The third kappa shape index (κ3) is 4.92. The highest BCUT2D eigenvalue weighted by Crippen LogP contribution is 2.06. The van der Waals surface area contributed by atoms with E-state index in [0.29, 0.717) is 37.0 Å². The molecular weight excluding hydrogens is 262 g/mol. The van der Waals surface area contributed by atoms with Crippen molar-refractivity contribution in [3.05, 3.63) is 47.6 Å². The molecule has 1 heterocycles. The molecule has 5 nitrogen and oxygen atoms in total. The summed E-state index contributed by atoms with van der Waals surface area (Å²) in [6, 6.07) is 10.0. The minimum atomic E-state index is -0.774. The SMILES string of the molecule is CS(=O)CCNCc1nc(Cc2ccccc2)no1. The summed E-state index contributed by atoms with van der Waals surface area (Å²) in [5.41, 5.74) is 1.16. The van der Waals surface area contributed by atoms with Crippen LogP contribution in [0.15, 0.2) is 34.9 Å². The van der Waals surface area contributed by atoms with Crippen LogP contribution in [0.4, 0.5) is 0 Å². The second-order valence-corrected chi connectivity index (χ2v) is 5.78. The molecule has 0 radical (unpaired) electrons. The first-order chi connectivity index (χ1) is 9.24. The Kier molecular flexibility index (Phi) is 5.23. The van der Waals surface area contributed by atoms with Crippen molar-refractivity contribution in [2.75, 3.05) is 18.6 Å². The van der Waals surface area contributed by atoms with Gasteiger partial charge in [-0.15, -0.1) is 0 Å². The molecule has 0 aliphatic heterocycles. The molecule has 2 aromatic rings. The lowest BCUT2D eigenvalue weighted by molar-refractivity contribution is 0.365. The molecule has 1 N–H and O–H groups in total. The van der Waals surface area contributed by atoms with Gasteiger partial charge in [0.2, 0.25) is 5.89 Å². The van der Waals surface area contributed by atoms with Crippen LogP contribution in [0.3, 0.4) is 0 Å². The van der Waals surface area contributed by atoms with E-state index in [1.54, 1.807) is 6.26 Å². The van der Waals surface area contributed by atoms with Gasteiger partial charge >= 0.3 is 0 Å². The zero-order valence-corrected chi connectivity index (χ0v) is 11.7. The highest BCUT2D eigenvalue weighted by atomic mass is 32.2. The molecule has 0 saturated carbocycles. The average molecular weight is 279 g/mol. The van der Waals surface area contributed by atoms with Gasteiger partial charge in [-0.1, -0.05) is 35.5 Å². The van der Waals surface area contributed by atoms with Crippen LogP contribution in [0.25, 0.3) is 0 Å². The topological polar surface area (TPSA) is 68.0 Å². The lowest BCUT2D eigenvalue weighted by Crippen LogP contribution is -2.19. The molecule has 19 heavy (non-hydrogen) atoms. The molecule has 0 bridgehead atoms. The van der Waals surface area contributed by atoms with Crippen LogP contribution < -0.4 is 5.32 Å². The monoisotopic (exact) mass is 279 g/mol. The van der Waals surface area contributed by atoms with Crippen LogP contribution in [-0.4, -0.2) is 32.9 Å². The van der Waals surface area contributed by atoms with Crippen LogP contribution in [0, 0.1) is 0 Å². The quantitative estimate of drug-likeness (QED) is 0.769. The largest absolute Gasteiger partial charge is 0.338 e. The third-order valence-corrected chi connectivity index (χ3v) is 3.34. The summed E-state index contributed by atoms with van der Waals surface area (Å²) in [5.74, 6) is 1.88. The van der Waals surface area contributed by atoms with Crippen LogP contribution in [0.2, 0.25) is 0 Å². The number of rotatable bonds is 7. The Morgan fingerprint density at radius 2 is 2.11 bits per heavy atom. The second kappa shape index (κ2) is 7.16. The molecule has 1 aromatic carbocycles. The molecule has 1 aromatic heterocycles. The molecule has 0 fully saturated rings. The van der Waals surface area contributed by atoms with Crippen molar-refractivity contribution in [1.29, 1.82) is 0 Å². The lowest BCUT2D eigenvalue weighted by atomic mass is 10.1. The Morgan fingerprint density at radius 3 is 2.84 bits per heavy atom. The number of benzene rings is 1. The van der Waals surface area contributed by atoms with Gasteiger partial charge < -0.3 is 9.84 Å². The lowest BCUT2D eigenvalue weighted by Gasteiger charge is -1.98. The van der Waals surface area contributed by atoms with E-state index in [1.807, 2.05) is 30.3 Å². The molecule has 2 rings (SSSR count). The van der Waals surface area contributed by atoms with Gasteiger partial charge in [0.05, 0.1) is 6.54 Å². The van der Waals surface area contributed by atoms with Crippen molar-refractivity contribution in [3.8, 4) is 0 Å². The van der Waals surface area contributed by atoms with Crippen molar-refractivity contribution in [2.45, 2.75) is 13.0 Å². The molecule has 1 unspecified atom stereocenters. The minimum Gasteiger partial charge on any atom is -0.338 e. The highest BCUT2D eigenvalue weighted by molar-refractivity contribution is 7.84. The van der Waals surface area contributed by atoms with E-state index < -0.39 is 10.8 Å². The van der Waals surface area contributed by atoms with E-state index in [-0.39, 0.29) is 0 Å². The predicted octanol–water partition coefficient (Wildman–Crippen LogP) is 1.13. The van der Waals surface area contributed by atoms with Crippen LogP contribution >= 0.6 is 0 Å². The molecule has 1 atom stereocenters. The first-order valence-electron chi connectivity index (χ1n) is 6.10. The Bertz CT molecular complexity index is 528. The molecule has 0 aliphatic carbocycles. The number of aromatic nitrogens is 2. The fraction of sp³-hybridized carbons (Fsp3) is 0.385. The summed E-state index contributed by atoms with van der Waals surface area (Å²) in [6.07, 6.45) is 2.36. The van der Waals surface area contributed by atoms with E-state index in [4.69, 9.17) is 4.52 Å². The van der Waals surface area contributed by atoms with Crippen LogP contribution in [0.1, 0.15) is 17.3 Å². The van der Waals surface area contributed by atoms with Crippen molar-refractivity contribution < 1.29 is 8.73 Å². The summed E-state index contributed by atoms with van der Waals surface area (Å²) < 4.78 is 16.0. The summed E-state index contributed by atoms with van der Waals surface area (Å²) in [7, 11) is -0.774. The van der Waals surface area contributed by atoms with Gasteiger partial charge in [0.25, 0.3) is 0 Å². The van der Waals surface area contributed by atoms with E-state index in [1.165, 1.54) is 0 Å². The maximum Gasteiger partial charge on any atom is 0.240 e. The Balaban J connectivity index is 1.80. The minimum absolute atomic E-state index is 0.513. The van der Waals surface area contributed by atoms with Gasteiger partial charge in [0.1, 0.15) is 0 Å². The maximum atomic E-state index is 10.9. The van der Waals surface area contributed by atoms with Gasteiger partial charge in [-0.3, -0.25) is 4.21 Å². The summed E-state index contributed by atoms with van der Waals surface area (Å²) in [6.45, 7) is 1.19. The van der Waals surface area contributed by atoms with Gasteiger partial charge in [-0.05, 0) is 5.56 Å². The summed E-state index contributed by atoms with van der Waals surface area (Å²) in [4.78, 5) is 4.31. The van der Waals surface area contributed by atoms with Crippen molar-refractivity contribution in [2.24, 2.45) is 0 Å². The maximum absolute atomic E-state index is 10.9. The zero-order valence-electron chi connectivity index (χ0n) is 10.8. The van der Waals surface area contributed by atoms with Gasteiger partial charge in [-0.2, -0.15) is 4.98 Å². The third-order valence-electron chi connectivity index (χ3n) is 2.56. The van der Waals surface area contributed by atoms with E-state index in [9.17, 15) is 4.21 Å². The Hall–Kier alpha value is -1.53. The first-order valence-corrected chi connectivity index (χ1v) is 7.83. The molecule has 6 heteroatoms. The Morgan fingerprint density at radius 1 is 1.32 bits per heavy atom. The molecule has 0 amide bonds. The van der Waals surface area contributed by atoms with Gasteiger partial charge in [-0.25, -0.2) is 0 Å². The fourth-order valence-electron chi connectivity index (χ4n) is 1.62. The number of hydrogen-bond acceptors (Lipinski definition) is 5.